The summed E-state index contributed by atoms with van der Waals surface area (Å²) in [7, 11) is 1.31. The lowest BCUT2D eigenvalue weighted by molar-refractivity contribution is -0.387. The van der Waals surface area contributed by atoms with E-state index in [4.69, 9.17) is 27.9 Å². The minimum atomic E-state index is -0.449. The molecule has 0 atom stereocenters. The smallest absolute Gasteiger partial charge is 0.337 e. The predicted octanol–water partition coefficient (Wildman–Crippen LogP) is 7.21. The van der Waals surface area contributed by atoms with E-state index in [1.165, 1.54) is 24.9 Å². The Labute approximate surface area is 201 Å². The highest BCUT2D eigenvalue weighted by atomic mass is 79.9. The summed E-state index contributed by atoms with van der Waals surface area (Å²) in [5.74, 6) is -0.449. The fourth-order valence-corrected chi connectivity index (χ4v) is 4.36. The van der Waals surface area contributed by atoms with Gasteiger partial charge in [-0.2, -0.15) is 0 Å². The number of hydrogen-bond acceptors (Lipinski definition) is 6. The molecule has 160 valence electrons. The normalized spacial score (nSPS) is 10.6. The molecule has 0 aliphatic heterocycles. The van der Waals surface area contributed by atoms with E-state index in [0.29, 0.717) is 38.3 Å². The van der Waals surface area contributed by atoms with E-state index in [1.54, 1.807) is 48.5 Å². The molecule has 0 amide bonds. The number of nitrogens with zero attached hydrogens (tertiary/aromatic N) is 1. The first-order chi connectivity index (χ1) is 14.8. The van der Waals surface area contributed by atoms with Crippen LogP contribution in [0.15, 0.2) is 68.9 Å². The average Bonchev–Trinajstić information content (AvgIpc) is 2.75. The second kappa shape index (κ2) is 10.4. The van der Waals surface area contributed by atoms with Crippen LogP contribution in [0.5, 0.6) is 0 Å². The zero-order valence-electron chi connectivity index (χ0n) is 16.0. The van der Waals surface area contributed by atoms with Crippen LogP contribution in [0.3, 0.4) is 0 Å². The minimum absolute atomic E-state index is 0.0160. The number of hydrogen-bond donors (Lipinski definition) is 1. The lowest BCUT2D eigenvalue weighted by Crippen LogP contribution is -2.05. The summed E-state index contributed by atoms with van der Waals surface area (Å²) in [6.45, 7) is 0.321. The van der Waals surface area contributed by atoms with E-state index >= 15 is 0 Å². The Kier molecular flexibility index (Phi) is 7.83. The van der Waals surface area contributed by atoms with Crippen LogP contribution in [-0.2, 0) is 11.3 Å². The van der Waals surface area contributed by atoms with Gasteiger partial charge in [0.05, 0.1) is 32.5 Å². The summed E-state index contributed by atoms with van der Waals surface area (Å²) < 4.78 is 5.49. The summed E-state index contributed by atoms with van der Waals surface area (Å²) >= 11 is 16.6. The molecule has 0 radical (unpaired) electrons. The number of halogens is 3. The Morgan fingerprint density at radius 1 is 1.13 bits per heavy atom. The Bertz CT molecular complexity index is 1160. The number of benzene rings is 3. The summed E-state index contributed by atoms with van der Waals surface area (Å²) in [5, 5.41) is 15.6. The van der Waals surface area contributed by atoms with Crippen molar-refractivity contribution in [2.45, 2.75) is 16.3 Å². The van der Waals surface area contributed by atoms with Crippen molar-refractivity contribution in [1.82, 2.24) is 0 Å². The molecule has 0 aliphatic rings. The number of nitro groups is 1. The number of carbonyl (C=O) groups is 1. The molecule has 0 bridgehead atoms. The van der Waals surface area contributed by atoms with Crippen LogP contribution < -0.4 is 5.32 Å². The number of nitro benzene ring substituents is 1. The third-order valence-electron chi connectivity index (χ3n) is 4.21. The fourth-order valence-electron chi connectivity index (χ4n) is 2.67. The summed E-state index contributed by atoms with van der Waals surface area (Å²) in [4.78, 5) is 24.2. The van der Waals surface area contributed by atoms with E-state index in [9.17, 15) is 14.9 Å². The Balaban J connectivity index is 1.80. The molecule has 10 heteroatoms. The molecule has 0 aliphatic carbocycles. The van der Waals surface area contributed by atoms with Gasteiger partial charge >= 0.3 is 5.97 Å². The number of nitrogens with one attached hydrogen (secondary N) is 1. The molecule has 0 saturated heterocycles. The van der Waals surface area contributed by atoms with E-state index < -0.39 is 10.9 Å². The highest BCUT2D eigenvalue weighted by molar-refractivity contribution is 9.10. The molecular weight excluding hydrogens is 527 g/mol. The van der Waals surface area contributed by atoms with Gasteiger partial charge in [0.1, 0.15) is 0 Å². The maximum Gasteiger partial charge on any atom is 0.337 e. The molecule has 0 heterocycles. The van der Waals surface area contributed by atoms with Crippen LogP contribution in [0.2, 0.25) is 10.0 Å². The second-order valence-corrected chi connectivity index (χ2v) is 9.06. The first kappa shape index (κ1) is 23.4. The van der Waals surface area contributed by atoms with Gasteiger partial charge < -0.3 is 10.1 Å². The van der Waals surface area contributed by atoms with Crippen molar-refractivity contribution in [2.24, 2.45) is 0 Å². The van der Waals surface area contributed by atoms with Crippen molar-refractivity contribution in [3.8, 4) is 0 Å². The van der Waals surface area contributed by atoms with Crippen LogP contribution in [0, 0.1) is 10.1 Å². The monoisotopic (exact) mass is 540 g/mol. The number of carbonyl (C=O) groups excluding carboxylic acids is 1. The molecule has 3 rings (SSSR count). The molecular formula is C21H15BrCl2N2O4S. The second-order valence-electron chi connectivity index (χ2n) is 6.28. The largest absolute Gasteiger partial charge is 0.465 e. The van der Waals surface area contributed by atoms with Crippen molar-refractivity contribution in [3.05, 3.63) is 90.4 Å². The first-order valence-electron chi connectivity index (χ1n) is 8.80. The van der Waals surface area contributed by atoms with Crippen LogP contribution in [0.4, 0.5) is 11.4 Å². The Morgan fingerprint density at radius 3 is 2.58 bits per heavy atom. The van der Waals surface area contributed by atoms with Gasteiger partial charge in [-0.15, -0.1) is 0 Å². The highest BCUT2D eigenvalue weighted by Gasteiger charge is 2.17. The summed E-state index contributed by atoms with van der Waals surface area (Å²) in [5.41, 5.74) is 1.76. The minimum Gasteiger partial charge on any atom is -0.465 e. The quantitative estimate of drug-likeness (QED) is 0.193. The van der Waals surface area contributed by atoms with E-state index in [-0.39, 0.29) is 5.69 Å². The molecule has 3 aromatic carbocycles. The van der Waals surface area contributed by atoms with Crippen molar-refractivity contribution in [2.75, 3.05) is 12.4 Å². The molecule has 0 aromatic heterocycles. The van der Waals surface area contributed by atoms with Gasteiger partial charge in [0.15, 0.2) is 0 Å². The van der Waals surface area contributed by atoms with Gasteiger partial charge in [-0.25, -0.2) is 4.79 Å². The maximum absolute atomic E-state index is 11.7. The molecule has 6 nitrogen and oxygen atoms in total. The van der Waals surface area contributed by atoms with Crippen molar-refractivity contribution < 1.29 is 14.5 Å². The molecule has 31 heavy (non-hydrogen) atoms. The zero-order chi connectivity index (χ0) is 22.5. The van der Waals surface area contributed by atoms with Gasteiger partial charge in [-0.1, -0.05) is 41.0 Å². The number of rotatable bonds is 7. The van der Waals surface area contributed by atoms with E-state index in [0.717, 1.165) is 9.37 Å². The SMILES string of the molecule is COC(=O)c1ccc(Br)c(NCc2ccc(Sc3ccc(Cl)c(Cl)c3)c([N+](=O)[O-])c2)c1. The standard InChI is InChI=1S/C21H15BrCl2N2O4S/c1-30-21(27)13-3-5-15(22)18(9-13)25-11-12-2-7-20(19(8-12)26(28)29)31-14-4-6-16(23)17(24)10-14/h2-10,25H,11H2,1H3. The van der Waals surface area contributed by atoms with Crippen molar-refractivity contribution in [3.63, 3.8) is 0 Å². The van der Waals surface area contributed by atoms with Gasteiger partial charge in [0.2, 0.25) is 0 Å². The maximum atomic E-state index is 11.7. The van der Waals surface area contributed by atoms with Crippen molar-refractivity contribution >= 4 is 68.2 Å². The van der Waals surface area contributed by atoms with Gasteiger partial charge in [-0.05, 0) is 64.0 Å². The lowest BCUT2D eigenvalue weighted by atomic mass is 10.1. The van der Waals surface area contributed by atoms with E-state index in [2.05, 4.69) is 21.2 Å². The van der Waals surface area contributed by atoms with Gasteiger partial charge in [0.25, 0.3) is 5.69 Å². The number of methoxy groups -OCH3 is 1. The summed E-state index contributed by atoms with van der Waals surface area (Å²) in [6.07, 6.45) is 0. The molecule has 0 spiro atoms. The molecule has 3 aromatic rings. The lowest BCUT2D eigenvalue weighted by Gasteiger charge is -2.11. The van der Waals surface area contributed by atoms with E-state index in [1.807, 2.05) is 0 Å². The Morgan fingerprint density at radius 2 is 1.90 bits per heavy atom. The molecule has 1 N–H and O–H groups in total. The zero-order valence-corrected chi connectivity index (χ0v) is 19.9. The number of esters is 1. The van der Waals surface area contributed by atoms with Crippen LogP contribution >= 0.6 is 50.9 Å². The predicted molar refractivity (Wildman–Crippen MR) is 126 cm³/mol. The number of ether oxygens (including phenoxy) is 1. The average molecular weight is 542 g/mol. The number of anilines is 1. The fraction of sp³-hybridized carbons (Fsp3) is 0.0952. The van der Waals surface area contributed by atoms with Crippen molar-refractivity contribution in [1.29, 1.82) is 0 Å². The first-order valence-corrected chi connectivity index (χ1v) is 11.2. The third-order valence-corrected chi connectivity index (χ3v) is 6.69. The molecule has 0 saturated carbocycles. The molecule has 0 fully saturated rings. The molecule has 0 unspecified atom stereocenters. The summed E-state index contributed by atoms with van der Waals surface area (Å²) in [6, 6.07) is 15.1. The van der Waals surface area contributed by atoms with Gasteiger partial charge in [0, 0.05) is 27.7 Å². The van der Waals surface area contributed by atoms with Gasteiger partial charge in [-0.3, -0.25) is 10.1 Å². The highest BCUT2D eigenvalue weighted by Crippen LogP contribution is 2.37. The van der Waals surface area contributed by atoms with Crippen LogP contribution in [0.25, 0.3) is 0 Å². The topological polar surface area (TPSA) is 81.5 Å². The Hall–Kier alpha value is -2.26. The third kappa shape index (κ3) is 5.92. The van der Waals surface area contributed by atoms with Crippen LogP contribution in [0.1, 0.15) is 15.9 Å². The van der Waals surface area contributed by atoms with Crippen LogP contribution in [-0.4, -0.2) is 18.0 Å².